The molecule has 0 saturated heterocycles. The van der Waals surface area contributed by atoms with Crippen LogP contribution in [0.4, 0.5) is 10.7 Å². The summed E-state index contributed by atoms with van der Waals surface area (Å²) in [6, 6.07) is 0. The van der Waals surface area contributed by atoms with Gasteiger partial charge in [-0.3, -0.25) is 15.2 Å². The van der Waals surface area contributed by atoms with Gasteiger partial charge in [0.05, 0.1) is 5.92 Å². The minimum Gasteiger partial charge on any atom is -0.481 e. The summed E-state index contributed by atoms with van der Waals surface area (Å²) >= 11 is 0. The molecule has 0 unspecified atom stereocenters. The van der Waals surface area contributed by atoms with Crippen LogP contribution in [0.3, 0.4) is 0 Å². The van der Waals surface area contributed by atoms with Crippen molar-refractivity contribution in [2.45, 2.75) is 19.8 Å². The molecule has 1 aliphatic carbocycles. The molecule has 0 radical (unpaired) electrons. The number of rotatable bonds is 5. The number of nitrogens with zero attached hydrogens (tertiary/aromatic N) is 2. The molecule has 0 aromatic carbocycles. The topological polar surface area (TPSA) is 117 Å². The lowest BCUT2D eigenvalue weighted by atomic mass is 10.1. The number of nitrogens with one attached hydrogen (secondary N) is 2. The molecular formula is C12H16N4O4. The summed E-state index contributed by atoms with van der Waals surface area (Å²) in [4.78, 5) is 26.5. The molecule has 1 heterocycles. The SMILES string of the molecule is C=CCOC(=O)Nc1n[nH]c([C@H]2[C@@H](C(=O)O)C2(C)C)n1. The fourth-order valence-corrected chi connectivity index (χ4v) is 2.34. The number of hydrogen-bond acceptors (Lipinski definition) is 5. The quantitative estimate of drug-likeness (QED) is 0.701. The Hall–Kier alpha value is -2.38. The summed E-state index contributed by atoms with van der Waals surface area (Å²) < 4.78 is 4.72. The Kier molecular flexibility index (Phi) is 3.47. The van der Waals surface area contributed by atoms with Crippen molar-refractivity contribution in [1.82, 2.24) is 15.2 Å². The highest BCUT2D eigenvalue weighted by molar-refractivity contribution is 5.82. The first-order valence-electron chi connectivity index (χ1n) is 6.07. The molecule has 0 spiro atoms. The van der Waals surface area contributed by atoms with Crippen LogP contribution in [-0.4, -0.2) is 39.0 Å². The molecule has 108 valence electrons. The van der Waals surface area contributed by atoms with Gasteiger partial charge in [0.1, 0.15) is 12.4 Å². The fraction of sp³-hybridized carbons (Fsp3) is 0.500. The molecule has 0 aliphatic heterocycles. The van der Waals surface area contributed by atoms with Crippen molar-refractivity contribution in [2.24, 2.45) is 11.3 Å². The van der Waals surface area contributed by atoms with Crippen molar-refractivity contribution < 1.29 is 19.4 Å². The van der Waals surface area contributed by atoms with E-state index in [2.05, 4.69) is 27.1 Å². The minimum absolute atomic E-state index is 0.0564. The lowest BCUT2D eigenvalue weighted by Gasteiger charge is -2.00. The maximum atomic E-state index is 11.3. The highest BCUT2D eigenvalue weighted by atomic mass is 16.5. The zero-order chi connectivity index (χ0) is 14.9. The Bertz CT molecular complexity index is 551. The Morgan fingerprint density at radius 2 is 2.30 bits per heavy atom. The number of aromatic nitrogens is 3. The first-order chi connectivity index (χ1) is 9.37. The fourth-order valence-electron chi connectivity index (χ4n) is 2.34. The number of carbonyl (C=O) groups excluding carboxylic acids is 1. The van der Waals surface area contributed by atoms with E-state index in [1.807, 2.05) is 13.8 Å². The van der Waals surface area contributed by atoms with Gasteiger partial charge in [-0.2, -0.15) is 4.98 Å². The first kappa shape index (κ1) is 14.0. The predicted octanol–water partition coefficient (Wildman–Crippen LogP) is 1.36. The lowest BCUT2D eigenvalue weighted by molar-refractivity contribution is -0.139. The zero-order valence-electron chi connectivity index (χ0n) is 11.2. The molecule has 1 aliphatic rings. The molecule has 1 fully saturated rings. The van der Waals surface area contributed by atoms with Gasteiger partial charge in [-0.15, -0.1) is 5.10 Å². The smallest absolute Gasteiger partial charge is 0.414 e. The molecule has 1 aromatic heterocycles. The van der Waals surface area contributed by atoms with Crippen LogP contribution < -0.4 is 5.32 Å². The third-order valence-corrected chi connectivity index (χ3v) is 3.44. The van der Waals surface area contributed by atoms with Crippen molar-refractivity contribution >= 4 is 18.0 Å². The second kappa shape index (κ2) is 4.95. The minimum atomic E-state index is -0.865. The third-order valence-electron chi connectivity index (χ3n) is 3.44. The monoisotopic (exact) mass is 280 g/mol. The van der Waals surface area contributed by atoms with Gasteiger partial charge >= 0.3 is 12.1 Å². The molecular weight excluding hydrogens is 264 g/mol. The van der Waals surface area contributed by atoms with E-state index in [1.165, 1.54) is 6.08 Å². The maximum Gasteiger partial charge on any atom is 0.414 e. The summed E-state index contributed by atoms with van der Waals surface area (Å²) in [6.45, 7) is 7.20. The van der Waals surface area contributed by atoms with E-state index in [1.54, 1.807) is 0 Å². The second-order valence-electron chi connectivity index (χ2n) is 5.17. The van der Waals surface area contributed by atoms with E-state index in [-0.39, 0.29) is 23.9 Å². The lowest BCUT2D eigenvalue weighted by Crippen LogP contribution is -2.14. The van der Waals surface area contributed by atoms with Crippen molar-refractivity contribution in [2.75, 3.05) is 11.9 Å². The molecule has 1 amide bonds. The molecule has 0 bridgehead atoms. The van der Waals surface area contributed by atoms with Crippen LogP contribution in [0.5, 0.6) is 0 Å². The van der Waals surface area contributed by atoms with Crippen LogP contribution in [0.15, 0.2) is 12.7 Å². The zero-order valence-corrected chi connectivity index (χ0v) is 11.2. The highest BCUT2D eigenvalue weighted by Gasteiger charge is 2.64. The molecule has 1 aromatic rings. The molecule has 8 heteroatoms. The summed E-state index contributed by atoms with van der Waals surface area (Å²) in [6.07, 6.45) is 0.743. The number of carbonyl (C=O) groups is 2. The van der Waals surface area contributed by atoms with Crippen molar-refractivity contribution in [3.8, 4) is 0 Å². The molecule has 20 heavy (non-hydrogen) atoms. The number of amides is 1. The van der Waals surface area contributed by atoms with Gasteiger partial charge in [0, 0.05) is 5.92 Å². The van der Waals surface area contributed by atoms with Crippen LogP contribution in [-0.2, 0) is 9.53 Å². The Balaban J connectivity index is 2.02. The van der Waals surface area contributed by atoms with E-state index in [4.69, 9.17) is 9.84 Å². The Morgan fingerprint density at radius 1 is 1.60 bits per heavy atom. The molecule has 2 atom stereocenters. The molecule has 1 saturated carbocycles. The number of ether oxygens (including phenoxy) is 1. The summed E-state index contributed by atoms with van der Waals surface area (Å²) in [5.74, 6) is -1.11. The normalized spacial score (nSPS) is 22.9. The van der Waals surface area contributed by atoms with Crippen molar-refractivity contribution in [3.63, 3.8) is 0 Å². The van der Waals surface area contributed by atoms with Crippen LogP contribution in [0, 0.1) is 11.3 Å². The third kappa shape index (κ3) is 2.49. The number of anilines is 1. The number of hydrogen-bond donors (Lipinski definition) is 3. The van der Waals surface area contributed by atoms with Gasteiger partial charge < -0.3 is 9.84 Å². The standard InChI is InChI=1S/C12H16N4O4/c1-4-5-20-11(19)14-10-13-8(15-16-10)6-7(9(17)18)12(6,2)3/h4,6-7H,1,5H2,2-3H3,(H,17,18)(H2,13,14,15,16,19)/t6-,7+/m1/s1. The Morgan fingerprint density at radius 3 is 2.85 bits per heavy atom. The highest BCUT2D eigenvalue weighted by Crippen LogP contribution is 2.63. The van der Waals surface area contributed by atoms with Gasteiger partial charge in [0.25, 0.3) is 5.95 Å². The van der Waals surface area contributed by atoms with E-state index in [0.717, 1.165) is 0 Å². The van der Waals surface area contributed by atoms with Crippen LogP contribution >= 0.6 is 0 Å². The Labute approximate surface area is 115 Å². The van der Waals surface area contributed by atoms with Gasteiger partial charge in [0.2, 0.25) is 0 Å². The molecule has 2 rings (SSSR count). The van der Waals surface area contributed by atoms with Gasteiger partial charge in [-0.25, -0.2) is 4.79 Å². The number of aliphatic carboxylic acids is 1. The number of aromatic amines is 1. The second-order valence-corrected chi connectivity index (χ2v) is 5.17. The molecule has 8 nitrogen and oxygen atoms in total. The largest absolute Gasteiger partial charge is 0.481 e. The first-order valence-corrected chi connectivity index (χ1v) is 6.07. The van der Waals surface area contributed by atoms with E-state index in [0.29, 0.717) is 5.82 Å². The maximum absolute atomic E-state index is 11.3. The summed E-state index contributed by atoms with van der Waals surface area (Å²) in [5.41, 5.74) is -0.383. The summed E-state index contributed by atoms with van der Waals surface area (Å²) in [7, 11) is 0. The van der Waals surface area contributed by atoms with Crippen molar-refractivity contribution in [1.29, 1.82) is 0 Å². The predicted molar refractivity (Wildman–Crippen MR) is 69.2 cm³/mol. The molecule has 3 N–H and O–H groups in total. The average Bonchev–Trinajstić information content (AvgIpc) is 2.70. The van der Waals surface area contributed by atoms with Gasteiger partial charge in [0.15, 0.2) is 0 Å². The van der Waals surface area contributed by atoms with E-state index >= 15 is 0 Å². The van der Waals surface area contributed by atoms with Gasteiger partial charge in [-0.1, -0.05) is 26.5 Å². The van der Waals surface area contributed by atoms with Gasteiger partial charge in [-0.05, 0) is 5.41 Å². The summed E-state index contributed by atoms with van der Waals surface area (Å²) in [5, 5.41) is 17.9. The van der Waals surface area contributed by atoms with E-state index in [9.17, 15) is 9.59 Å². The average molecular weight is 280 g/mol. The number of H-pyrrole nitrogens is 1. The van der Waals surface area contributed by atoms with Crippen LogP contribution in [0.1, 0.15) is 25.6 Å². The van der Waals surface area contributed by atoms with Crippen LogP contribution in [0.2, 0.25) is 0 Å². The number of carboxylic acids is 1. The van der Waals surface area contributed by atoms with Crippen molar-refractivity contribution in [3.05, 3.63) is 18.5 Å². The number of carboxylic acid groups (broad SMARTS) is 1. The van der Waals surface area contributed by atoms with Crippen LogP contribution in [0.25, 0.3) is 0 Å². The van der Waals surface area contributed by atoms with E-state index < -0.39 is 18.0 Å².